The molecular formula is C30H32IN3O9S. The van der Waals surface area contributed by atoms with Crippen molar-refractivity contribution in [3.05, 3.63) is 75.4 Å². The van der Waals surface area contributed by atoms with Gasteiger partial charge < -0.3 is 29.0 Å². The van der Waals surface area contributed by atoms with E-state index in [1.54, 1.807) is 47.4 Å². The molecule has 1 N–H and O–H groups in total. The lowest BCUT2D eigenvalue weighted by Gasteiger charge is -2.41. The molecule has 2 aliphatic rings. The lowest BCUT2D eigenvalue weighted by atomic mass is 9.81. The number of ether oxygens (including phenoxy) is 4. The highest BCUT2D eigenvalue weighted by atomic mass is 127. The summed E-state index contributed by atoms with van der Waals surface area (Å²) in [5.74, 6) is -0.222. The van der Waals surface area contributed by atoms with Crippen LogP contribution in [-0.4, -0.2) is 89.6 Å². The molecule has 12 nitrogen and oxygen atoms in total. The van der Waals surface area contributed by atoms with Crippen LogP contribution in [0.5, 0.6) is 17.2 Å². The van der Waals surface area contributed by atoms with Crippen LogP contribution < -0.4 is 18.5 Å². The minimum atomic E-state index is -4.62. The summed E-state index contributed by atoms with van der Waals surface area (Å²) in [5, 5.41) is 10.9. The van der Waals surface area contributed by atoms with E-state index in [2.05, 4.69) is 22.6 Å². The van der Waals surface area contributed by atoms with E-state index in [-0.39, 0.29) is 29.3 Å². The fraction of sp³-hybridized carbons (Fsp3) is 0.333. The molecule has 0 aliphatic carbocycles. The molecule has 1 saturated heterocycles. The van der Waals surface area contributed by atoms with Crippen LogP contribution >= 0.6 is 22.6 Å². The van der Waals surface area contributed by atoms with Crippen molar-refractivity contribution in [2.24, 2.45) is 0 Å². The number of benzene rings is 3. The molecule has 2 amide bonds. The number of rotatable bonds is 8. The summed E-state index contributed by atoms with van der Waals surface area (Å²) >= 11 is 2.09. The van der Waals surface area contributed by atoms with Crippen molar-refractivity contribution in [2.45, 2.75) is 29.2 Å². The van der Waals surface area contributed by atoms with Crippen LogP contribution in [0.25, 0.3) is 0 Å². The Bertz CT molecular complexity index is 1720. The third-order valence-corrected chi connectivity index (χ3v) is 10.1. The molecule has 1 unspecified atom stereocenters. The standard InChI is InChI=1S/C30H32IN3O9S/c1-32(2)29(37)43-27-15-19(35)17-33(27)30(21-8-6-7-9-24(21)41-4)22-14-18(31)10-12-23(22)34(28(30)36)44(38,39)26-13-11-20(40-3)16-25(26)42-5/h6-14,16,19,27,35H,15,17H2,1-5H3/t19-,27+,30?/m1/s1. The van der Waals surface area contributed by atoms with E-state index in [0.717, 1.165) is 7.88 Å². The van der Waals surface area contributed by atoms with Gasteiger partial charge in [0.25, 0.3) is 15.9 Å². The zero-order chi connectivity index (χ0) is 32.0. The minimum absolute atomic E-state index is 0.0118. The number of methoxy groups -OCH3 is 3. The van der Waals surface area contributed by atoms with Gasteiger partial charge in [-0.15, -0.1) is 0 Å². The summed E-state index contributed by atoms with van der Waals surface area (Å²) < 4.78 is 52.8. The molecule has 0 spiro atoms. The Morgan fingerprint density at radius 2 is 1.68 bits per heavy atom. The Morgan fingerprint density at radius 1 is 0.977 bits per heavy atom. The molecular weight excluding hydrogens is 705 g/mol. The first-order chi connectivity index (χ1) is 20.9. The number of β-amino-alcohol motifs (C(OH)–C–C–N with tert-alkyl or cyclic N) is 1. The second kappa shape index (κ2) is 12.1. The van der Waals surface area contributed by atoms with E-state index in [0.29, 0.717) is 22.6 Å². The monoisotopic (exact) mass is 737 g/mol. The van der Waals surface area contributed by atoms with Gasteiger partial charge in [0.05, 0.1) is 33.1 Å². The van der Waals surface area contributed by atoms with Crippen molar-refractivity contribution < 1.29 is 42.1 Å². The number of sulfonamides is 1. The van der Waals surface area contributed by atoms with Crippen molar-refractivity contribution >= 4 is 50.3 Å². The number of halogens is 1. The summed E-state index contributed by atoms with van der Waals surface area (Å²) in [4.78, 5) is 30.5. The highest BCUT2D eigenvalue weighted by Crippen LogP contribution is 2.55. The maximum atomic E-state index is 15.2. The van der Waals surface area contributed by atoms with E-state index in [4.69, 9.17) is 18.9 Å². The van der Waals surface area contributed by atoms with Crippen LogP contribution in [0.4, 0.5) is 10.5 Å². The fourth-order valence-corrected chi connectivity index (χ4v) is 7.87. The third kappa shape index (κ3) is 5.02. The molecule has 3 aromatic carbocycles. The van der Waals surface area contributed by atoms with E-state index in [9.17, 15) is 18.3 Å². The molecule has 2 heterocycles. The topological polar surface area (TPSA) is 135 Å². The average Bonchev–Trinajstić information content (AvgIpc) is 3.49. The Labute approximate surface area is 269 Å². The van der Waals surface area contributed by atoms with Gasteiger partial charge in [0, 0.05) is 47.8 Å². The molecule has 234 valence electrons. The summed E-state index contributed by atoms with van der Waals surface area (Å²) in [6.45, 7) is -0.111. The third-order valence-electron chi connectivity index (χ3n) is 7.71. The molecule has 2 aliphatic heterocycles. The Kier molecular flexibility index (Phi) is 8.72. The quantitative estimate of drug-likeness (QED) is 0.343. The second-order valence-corrected chi connectivity index (χ2v) is 13.4. The molecule has 0 aromatic heterocycles. The molecule has 0 radical (unpaired) electrons. The van der Waals surface area contributed by atoms with Gasteiger partial charge in [-0.05, 0) is 59.0 Å². The molecule has 0 bridgehead atoms. The predicted octanol–water partition coefficient (Wildman–Crippen LogP) is 3.39. The average molecular weight is 738 g/mol. The van der Waals surface area contributed by atoms with Crippen LogP contribution in [0.15, 0.2) is 65.6 Å². The van der Waals surface area contributed by atoms with E-state index >= 15 is 4.79 Å². The van der Waals surface area contributed by atoms with E-state index < -0.39 is 39.9 Å². The van der Waals surface area contributed by atoms with Crippen molar-refractivity contribution in [3.8, 4) is 17.2 Å². The minimum Gasteiger partial charge on any atom is -0.497 e. The van der Waals surface area contributed by atoms with Gasteiger partial charge in [0.2, 0.25) is 0 Å². The first-order valence-electron chi connectivity index (χ1n) is 13.5. The van der Waals surface area contributed by atoms with Gasteiger partial charge in [0.1, 0.15) is 22.1 Å². The van der Waals surface area contributed by atoms with Gasteiger partial charge in [-0.25, -0.2) is 22.4 Å². The Morgan fingerprint density at radius 3 is 2.34 bits per heavy atom. The number of likely N-dealkylation sites (tertiary alicyclic amines) is 1. The smallest absolute Gasteiger partial charge is 0.410 e. The summed E-state index contributed by atoms with van der Waals surface area (Å²) in [6.07, 6.45) is -2.79. The maximum absolute atomic E-state index is 15.2. The summed E-state index contributed by atoms with van der Waals surface area (Å²) in [7, 11) is 2.62. The lowest BCUT2D eigenvalue weighted by molar-refractivity contribution is -0.132. The Hall–Kier alpha value is -3.60. The number of para-hydroxylation sites is 1. The molecule has 44 heavy (non-hydrogen) atoms. The Balaban J connectivity index is 1.83. The number of carbonyl (C=O) groups is 2. The SMILES string of the molecule is COc1ccc(S(=O)(=O)N2C(=O)C(c3ccccc3OC)(N3C[C@H](O)C[C@@H]3OC(=O)N(C)C)c3cc(I)ccc32)c(OC)c1. The molecule has 3 aromatic rings. The predicted molar refractivity (Wildman–Crippen MR) is 168 cm³/mol. The molecule has 0 saturated carbocycles. The van der Waals surface area contributed by atoms with E-state index in [1.165, 1.54) is 58.5 Å². The van der Waals surface area contributed by atoms with Gasteiger partial charge >= 0.3 is 6.09 Å². The van der Waals surface area contributed by atoms with Crippen molar-refractivity contribution in [3.63, 3.8) is 0 Å². The number of aliphatic hydroxyl groups is 1. The number of fused-ring (bicyclic) bond motifs is 1. The number of nitrogens with zero attached hydrogens (tertiary/aromatic N) is 3. The lowest BCUT2D eigenvalue weighted by Crippen LogP contribution is -2.57. The number of hydrogen-bond acceptors (Lipinski definition) is 10. The number of carbonyl (C=O) groups excluding carboxylic acids is 2. The van der Waals surface area contributed by atoms with Crippen LogP contribution in [0, 0.1) is 3.57 Å². The normalized spacial score (nSPS) is 21.6. The number of hydrogen-bond donors (Lipinski definition) is 1. The van der Waals surface area contributed by atoms with Crippen LogP contribution in [0.3, 0.4) is 0 Å². The van der Waals surface area contributed by atoms with Gasteiger partial charge in [0.15, 0.2) is 11.8 Å². The van der Waals surface area contributed by atoms with Crippen molar-refractivity contribution in [1.29, 1.82) is 0 Å². The molecule has 5 rings (SSSR count). The fourth-order valence-electron chi connectivity index (χ4n) is 5.77. The molecule has 14 heteroatoms. The second-order valence-electron chi connectivity index (χ2n) is 10.4. The van der Waals surface area contributed by atoms with Gasteiger partial charge in [-0.2, -0.15) is 0 Å². The number of aliphatic hydroxyl groups excluding tert-OH is 1. The first-order valence-corrected chi connectivity index (χ1v) is 16.0. The highest BCUT2D eigenvalue weighted by Gasteiger charge is 2.63. The highest BCUT2D eigenvalue weighted by molar-refractivity contribution is 14.1. The summed E-state index contributed by atoms with van der Waals surface area (Å²) in [6, 6.07) is 15.9. The molecule has 1 fully saturated rings. The van der Waals surface area contributed by atoms with Crippen LogP contribution in [-0.2, 0) is 25.1 Å². The zero-order valence-electron chi connectivity index (χ0n) is 24.7. The van der Waals surface area contributed by atoms with Crippen LogP contribution in [0.1, 0.15) is 17.5 Å². The van der Waals surface area contributed by atoms with Gasteiger partial charge in [-0.1, -0.05) is 18.2 Å². The largest absolute Gasteiger partial charge is 0.497 e. The first kappa shape index (κ1) is 31.8. The maximum Gasteiger partial charge on any atom is 0.410 e. The zero-order valence-corrected chi connectivity index (χ0v) is 27.7. The number of anilines is 1. The van der Waals surface area contributed by atoms with E-state index in [1.807, 2.05) is 0 Å². The van der Waals surface area contributed by atoms with Crippen LogP contribution in [0.2, 0.25) is 0 Å². The molecule has 3 atom stereocenters. The number of amides is 2. The van der Waals surface area contributed by atoms with Crippen molar-refractivity contribution in [1.82, 2.24) is 9.80 Å². The van der Waals surface area contributed by atoms with Gasteiger partial charge in [-0.3, -0.25) is 4.79 Å². The van der Waals surface area contributed by atoms with Crippen molar-refractivity contribution in [2.75, 3.05) is 46.3 Å². The summed E-state index contributed by atoms with van der Waals surface area (Å²) in [5.41, 5.74) is -1.17.